The van der Waals surface area contributed by atoms with Gasteiger partial charge in [-0.1, -0.05) is 41.0 Å². The second kappa shape index (κ2) is 9.06. The number of nitrogens with zero attached hydrogens (tertiary/aromatic N) is 3. The van der Waals surface area contributed by atoms with Crippen molar-refractivity contribution in [3.8, 4) is 0 Å². The molecule has 0 spiro atoms. The molecular weight excluding hydrogens is 453 g/mol. The van der Waals surface area contributed by atoms with Crippen LogP contribution in [0.4, 0.5) is 5.69 Å². The number of hydrogen-bond acceptors (Lipinski definition) is 5. The maximum atomic E-state index is 13.1. The van der Waals surface area contributed by atoms with E-state index in [1.807, 2.05) is 0 Å². The molecule has 0 aliphatic carbocycles. The lowest BCUT2D eigenvalue weighted by molar-refractivity contribution is 0.0849. The van der Waals surface area contributed by atoms with Gasteiger partial charge in [0.05, 0.1) is 20.6 Å². The second-order valence-corrected chi connectivity index (χ2v) is 10.5. The van der Waals surface area contributed by atoms with Gasteiger partial charge in [0.1, 0.15) is 0 Å². The molecule has 1 heterocycles. The van der Waals surface area contributed by atoms with Gasteiger partial charge in [-0.3, -0.25) is 9.69 Å². The Morgan fingerprint density at radius 1 is 1.14 bits per heavy atom. The first-order chi connectivity index (χ1) is 13.7. The number of sulfonamides is 1. The van der Waals surface area contributed by atoms with E-state index in [9.17, 15) is 13.2 Å². The van der Waals surface area contributed by atoms with Crippen molar-refractivity contribution in [2.45, 2.75) is 11.3 Å². The van der Waals surface area contributed by atoms with E-state index in [1.54, 1.807) is 35.2 Å². The number of carbonyl (C=O) groups is 1. The molecule has 0 saturated carbocycles. The third-order valence-electron chi connectivity index (χ3n) is 4.22. The van der Waals surface area contributed by atoms with Gasteiger partial charge in [0, 0.05) is 32.0 Å². The monoisotopic (exact) mass is 471 g/mol. The highest BCUT2D eigenvalue weighted by molar-refractivity contribution is 8.13. The highest BCUT2D eigenvalue weighted by Crippen LogP contribution is 2.29. The first kappa shape index (κ1) is 22.1. The van der Waals surface area contributed by atoms with Crippen molar-refractivity contribution in [3.63, 3.8) is 0 Å². The molecule has 1 fully saturated rings. The van der Waals surface area contributed by atoms with Crippen LogP contribution in [0.1, 0.15) is 16.8 Å². The minimum Gasteiger partial charge on any atom is -0.287 e. The number of amides is 1. The first-order valence-electron chi connectivity index (χ1n) is 8.71. The van der Waals surface area contributed by atoms with E-state index >= 15 is 0 Å². The third kappa shape index (κ3) is 4.95. The van der Waals surface area contributed by atoms with Crippen LogP contribution in [0, 0.1) is 0 Å². The molecule has 0 bridgehead atoms. The van der Waals surface area contributed by atoms with Gasteiger partial charge in [-0.25, -0.2) is 17.7 Å². The average molecular weight is 472 g/mol. The van der Waals surface area contributed by atoms with Crippen LogP contribution >= 0.6 is 35.0 Å². The maximum absolute atomic E-state index is 13.1. The number of benzene rings is 2. The highest BCUT2D eigenvalue weighted by Gasteiger charge is 2.26. The number of halogens is 2. The summed E-state index contributed by atoms with van der Waals surface area (Å²) in [6.45, 7) is 0.497. The average Bonchev–Trinajstić information content (AvgIpc) is 2.70. The van der Waals surface area contributed by atoms with Gasteiger partial charge >= 0.3 is 0 Å². The summed E-state index contributed by atoms with van der Waals surface area (Å²) in [7, 11) is -0.732. The topological polar surface area (TPSA) is 70.1 Å². The fourth-order valence-corrected chi connectivity index (χ4v) is 4.86. The van der Waals surface area contributed by atoms with Crippen LogP contribution in [-0.2, 0) is 10.0 Å². The Balaban J connectivity index is 1.94. The van der Waals surface area contributed by atoms with Gasteiger partial charge in [0.25, 0.3) is 5.91 Å². The van der Waals surface area contributed by atoms with E-state index in [-0.39, 0.29) is 16.4 Å². The molecule has 29 heavy (non-hydrogen) atoms. The maximum Gasteiger partial charge on any atom is 0.259 e. The lowest BCUT2D eigenvalue weighted by Crippen LogP contribution is -2.39. The Bertz CT molecular complexity index is 1070. The number of hydrogen-bond donors (Lipinski definition) is 0. The number of carbonyl (C=O) groups excluding carboxylic acids is 1. The Morgan fingerprint density at radius 3 is 2.59 bits per heavy atom. The molecule has 0 aromatic heterocycles. The van der Waals surface area contributed by atoms with Crippen LogP contribution < -0.4 is 0 Å². The van der Waals surface area contributed by atoms with E-state index in [1.165, 1.54) is 38.0 Å². The van der Waals surface area contributed by atoms with Crippen molar-refractivity contribution in [2.24, 2.45) is 4.99 Å². The highest BCUT2D eigenvalue weighted by atomic mass is 35.5. The van der Waals surface area contributed by atoms with Crippen LogP contribution in [0.25, 0.3) is 0 Å². The van der Waals surface area contributed by atoms with Gasteiger partial charge < -0.3 is 0 Å². The molecule has 0 radical (unpaired) electrons. The van der Waals surface area contributed by atoms with Crippen molar-refractivity contribution >= 4 is 61.7 Å². The van der Waals surface area contributed by atoms with Gasteiger partial charge in [0.2, 0.25) is 10.0 Å². The molecule has 10 heteroatoms. The first-order valence-corrected chi connectivity index (χ1v) is 11.9. The van der Waals surface area contributed by atoms with E-state index in [0.717, 1.165) is 16.5 Å². The smallest absolute Gasteiger partial charge is 0.259 e. The number of aliphatic imine (C=N–C) groups is 1. The number of amidine groups is 1. The lowest BCUT2D eigenvalue weighted by Gasteiger charge is -2.28. The standard InChI is InChI=1S/C19H19Cl2N3O3S2/c1-23(2)29(26,27)15-6-3-5-13(11-15)18(25)24-9-4-10-28-19(24)22-14-7-8-16(20)17(21)12-14/h3,5-8,11-12H,4,9-10H2,1-2H3. The van der Waals surface area contributed by atoms with Gasteiger partial charge in [-0.15, -0.1) is 0 Å². The molecule has 0 atom stereocenters. The molecule has 0 unspecified atom stereocenters. The lowest BCUT2D eigenvalue weighted by atomic mass is 10.2. The largest absolute Gasteiger partial charge is 0.287 e. The van der Waals surface area contributed by atoms with Crippen LogP contribution in [0.2, 0.25) is 10.0 Å². The van der Waals surface area contributed by atoms with Crippen molar-refractivity contribution in [3.05, 3.63) is 58.1 Å². The quantitative estimate of drug-likeness (QED) is 0.657. The number of rotatable bonds is 4. The molecule has 2 aromatic carbocycles. The predicted octanol–water partition coefficient (Wildman–Crippen LogP) is 4.51. The Hall–Kier alpha value is -1.58. The molecule has 154 valence electrons. The van der Waals surface area contributed by atoms with Crippen LogP contribution in [-0.4, -0.2) is 55.1 Å². The van der Waals surface area contributed by atoms with Crippen molar-refractivity contribution in [1.29, 1.82) is 0 Å². The summed E-state index contributed by atoms with van der Waals surface area (Å²) < 4.78 is 25.9. The van der Waals surface area contributed by atoms with Crippen molar-refractivity contribution in [1.82, 2.24) is 9.21 Å². The summed E-state index contributed by atoms with van der Waals surface area (Å²) in [4.78, 5) is 19.3. The van der Waals surface area contributed by atoms with Gasteiger partial charge in [-0.05, 0) is 42.8 Å². The molecule has 3 rings (SSSR count). The summed E-state index contributed by atoms with van der Waals surface area (Å²) in [5.41, 5.74) is 0.878. The second-order valence-electron chi connectivity index (χ2n) is 6.47. The Morgan fingerprint density at radius 2 is 1.90 bits per heavy atom. The van der Waals surface area contributed by atoms with Crippen LogP contribution in [0.15, 0.2) is 52.4 Å². The summed E-state index contributed by atoms with van der Waals surface area (Å²) >= 11 is 13.5. The zero-order valence-corrected chi connectivity index (χ0v) is 18.9. The molecule has 2 aromatic rings. The summed E-state index contributed by atoms with van der Waals surface area (Å²) in [6.07, 6.45) is 0.812. The SMILES string of the molecule is CN(C)S(=O)(=O)c1cccc(C(=O)N2CCCSC2=Nc2ccc(Cl)c(Cl)c2)c1. The van der Waals surface area contributed by atoms with Crippen molar-refractivity contribution in [2.75, 3.05) is 26.4 Å². The zero-order chi connectivity index (χ0) is 21.2. The fraction of sp³-hybridized carbons (Fsp3) is 0.263. The Labute approximate surface area is 184 Å². The molecule has 1 aliphatic heterocycles. The summed E-state index contributed by atoms with van der Waals surface area (Å²) in [5.74, 6) is 0.533. The van der Waals surface area contributed by atoms with Crippen LogP contribution in [0.5, 0.6) is 0 Å². The zero-order valence-electron chi connectivity index (χ0n) is 15.8. The third-order valence-corrected chi connectivity index (χ3v) is 7.83. The molecule has 0 N–H and O–H groups in total. The molecule has 1 amide bonds. The number of thioether (sulfide) groups is 1. The van der Waals surface area contributed by atoms with E-state index in [2.05, 4.69) is 4.99 Å². The van der Waals surface area contributed by atoms with E-state index in [4.69, 9.17) is 23.2 Å². The fourth-order valence-electron chi connectivity index (χ4n) is 2.66. The minimum absolute atomic E-state index is 0.0704. The van der Waals surface area contributed by atoms with Crippen molar-refractivity contribution < 1.29 is 13.2 Å². The van der Waals surface area contributed by atoms with E-state index in [0.29, 0.717) is 27.4 Å². The van der Waals surface area contributed by atoms with Gasteiger partial charge in [0.15, 0.2) is 5.17 Å². The molecular formula is C19H19Cl2N3O3S2. The summed E-state index contributed by atoms with van der Waals surface area (Å²) in [6, 6.07) is 11.1. The van der Waals surface area contributed by atoms with Gasteiger partial charge in [-0.2, -0.15) is 0 Å². The Kier molecular flexibility index (Phi) is 6.90. The summed E-state index contributed by atoms with van der Waals surface area (Å²) in [5, 5.41) is 1.35. The predicted molar refractivity (Wildman–Crippen MR) is 119 cm³/mol. The van der Waals surface area contributed by atoms with E-state index < -0.39 is 10.0 Å². The minimum atomic E-state index is -3.63. The van der Waals surface area contributed by atoms with Crippen LogP contribution in [0.3, 0.4) is 0 Å². The molecule has 6 nitrogen and oxygen atoms in total. The normalized spacial score (nSPS) is 16.4. The molecule has 1 aliphatic rings. The molecule has 1 saturated heterocycles.